The molecule has 0 saturated heterocycles. The van der Waals surface area contributed by atoms with Gasteiger partial charge in [-0.25, -0.2) is 0 Å². The molecule has 0 amide bonds. The molecule has 1 saturated carbocycles. The van der Waals surface area contributed by atoms with Crippen molar-refractivity contribution in [2.75, 3.05) is 0 Å². The zero-order valence-corrected chi connectivity index (χ0v) is 12.1. The second-order valence-corrected chi connectivity index (χ2v) is 7.13. The van der Waals surface area contributed by atoms with Crippen molar-refractivity contribution in [3.8, 4) is 0 Å². The van der Waals surface area contributed by atoms with Crippen LogP contribution in [0.2, 0.25) is 0 Å². The Morgan fingerprint density at radius 1 is 1.25 bits per heavy atom. The van der Waals surface area contributed by atoms with Gasteiger partial charge in [-0.2, -0.15) is 0 Å². The summed E-state index contributed by atoms with van der Waals surface area (Å²) in [4.78, 5) is 10.8. The fourth-order valence-electron chi connectivity index (χ4n) is 3.64. The van der Waals surface area contributed by atoms with Crippen LogP contribution < -0.4 is 0 Å². The molecule has 4 unspecified atom stereocenters. The second kappa shape index (κ2) is 4.33. The summed E-state index contributed by atoms with van der Waals surface area (Å²) in [5.74, 6) is 1.60. The number of hydrogen-bond acceptors (Lipinski definition) is 1. The van der Waals surface area contributed by atoms with Crippen molar-refractivity contribution in [2.45, 2.75) is 52.8 Å². The molecule has 1 nitrogen and oxygen atoms in total. The van der Waals surface area contributed by atoms with Crippen LogP contribution in [-0.4, -0.2) is 11.2 Å². The average Bonchev–Trinajstić information content (AvgIpc) is 2.36. The van der Waals surface area contributed by atoms with Crippen LogP contribution in [-0.2, 0) is 4.79 Å². The van der Waals surface area contributed by atoms with Crippen LogP contribution in [0.4, 0.5) is 0 Å². The zero-order chi connectivity index (χ0) is 12.7. The van der Waals surface area contributed by atoms with Gasteiger partial charge in [-0.1, -0.05) is 34.6 Å². The third-order valence-electron chi connectivity index (χ3n) is 5.20. The van der Waals surface area contributed by atoms with E-state index in [0.717, 1.165) is 12.7 Å². The Bertz CT molecular complexity index is 270. The second-order valence-electron chi connectivity index (χ2n) is 6.34. The molecule has 0 aromatic rings. The van der Waals surface area contributed by atoms with Crippen LogP contribution in [0.25, 0.3) is 0 Å². The quantitative estimate of drug-likeness (QED) is 0.539. The van der Waals surface area contributed by atoms with E-state index >= 15 is 0 Å². The lowest BCUT2D eigenvalue weighted by molar-refractivity contribution is -0.112. The van der Waals surface area contributed by atoms with E-state index < -0.39 is 4.87 Å². The third kappa shape index (κ3) is 1.72. The molecule has 1 fully saturated rings. The van der Waals surface area contributed by atoms with Crippen LogP contribution in [0.3, 0.4) is 0 Å². The fraction of sp³-hybridized carbons (Fsp3) is 0.929. The number of aldehydes is 1. The molecule has 0 aromatic heterocycles. The van der Waals surface area contributed by atoms with Gasteiger partial charge in [0.25, 0.3) is 0 Å². The highest BCUT2D eigenvalue weighted by Crippen LogP contribution is 2.62. The van der Waals surface area contributed by atoms with Crippen molar-refractivity contribution >= 4 is 17.9 Å². The van der Waals surface area contributed by atoms with Crippen molar-refractivity contribution in [3.05, 3.63) is 0 Å². The van der Waals surface area contributed by atoms with E-state index in [4.69, 9.17) is 11.6 Å². The molecule has 1 aliphatic rings. The van der Waals surface area contributed by atoms with Crippen molar-refractivity contribution in [3.63, 3.8) is 0 Å². The summed E-state index contributed by atoms with van der Waals surface area (Å²) in [5, 5.41) is 0. The molecule has 0 N–H and O–H groups in total. The van der Waals surface area contributed by atoms with Gasteiger partial charge in [0.1, 0.15) is 6.29 Å². The predicted molar refractivity (Wildman–Crippen MR) is 69.7 cm³/mol. The summed E-state index contributed by atoms with van der Waals surface area (Å²) in [7, 11) is 0. The highest BCUT2D eigenvalue weighted by atomic mass is 35.5. The first-order valence-corrected chi connectivity index (χ1v) is 6.71. The van der Waals surface area contributed by atoms with Gasteiger partial charge in [0, 0.05) is 5.92 Å². The zero-order valence-electron chi connectivity index (χ0n) is 11.4. The van der Waals surface area contributed by atoms with E-state index in [0.29, 0.717) is 17.8 Å². The number of alkyl halides is 1. The van der Waals surface area contributed by atoms with E-state index in [1.165, 1.54) is 0 Å². The Morgan fingerprint density at radius 3 is 2.00 bits per heavy atom. The first-order chi connectivity index (χ1) is 7.19. The molecule has 4 atom stereocenters. The summed E-state index contributed by atoms with van der Waals surface area (Å²) in [6.07, 6.45) is 2.01. The highest BCUT2D eigenvalue weighted by Gasteiger charge is 2.60. The van der Waals surface area contributed by atoms with Gasteiger partial charge in [0.15, 0.2) is 0 Å². The lowest BCUT2D eigenvalue weighted by Gasteiger charge is -2.46. The molecule has 0 bridgehead atoms. The maximum atomic E-state index is 11.2. The normalized spacial score (nSPS) is 44.3. The van der Waals surface area contributed by atoms with Crippen molar-refractivity contribution in [1.29, 1.82) is 0 Å². The minimum Gasteiger partial charge on any atom is -0.303 e. The number of hydrogen-bond donors (Lipinski definition) is 0. The van der Waals surface area contributed by atoms with Crippen LogP contribution in [0, 0.1) is 29.1 Å². The van der Waals surface area contributed by atoms with Crippen molar-refractivity contribution in [1.82, 2.24) is 0 Å². The topological polar surface area (TPSA) is 17.1 Å². The molecule has 0 aromatic carbocycles. The lowest BCUT2D eigenvalue weighted by atomic mass is 9.63. The third-order valence-corrected chi connectivity index (χ3v) is 5.88. The Labute approximate surface area is 105 Å². The highest BCUT2D eigenvalue weighted by molar-refractivity contribution is 6.25. The molecule has 1 aliphatic carbocycles. The molecule has 1 rings (SSSR count). The molecule has 0 heterocycles. The van der Waals surface area contributed by atoms with Crippen LogP contribution in [0.5, 0.6) is 0 Å². The smallest absolute Gasteiger partial charge is 0.124 e. The van der Waals surface area contributed by atoms with Crippen molar-refractivity contribution in [2.24, 2.45) is 29.1 Å². The SMILES string of the molecule is CC(C)C1CC(C=O)C(C)(Cl)C1(C)C(C)C. The van der Waals surface area contributed by atoms with Crippen LogP contribution >= 0.6 is 11.6 Å². The Hall–Kier alpha value is -0.0400. The fourth-order valence-corrected chi connectivity index (χ4v) is 4.14. The Balaban J connectivity index is 3.21. The van der Waals surface area contributed by atoms with Crippen LogP contribution in [0.15, 0.2) is 0 Å². The monoisotopic (exact) mass is 244 g/mol. The van der Waals surface area contributed by atoms with Gasteiger partial charge in [-0.3, -0.25) is 0 Å². The summed E-state index contributed by atoms with van der Waals surface area (Å²) in [5.41, 5.74) is 0.0360. The summed E-state index contributed by atoms with van der Waals surface area (Å²) in [6.45, 7) is 13.2. The Kier molecular flexibility index (Phi) is 3.79. The molecular weight excluding hydrogens is 220 g/mol. The number of halogens is 1. The number of carbonyl (C=O) groups excluding carboxylic acids is 1. The molecule has 16 heavy (non-hydrogen) atoms. The Morgan fingerprint density at radius 2 is 1.75 bits per heavy atom. The number of rotatable bonds is 3. The average molecular weight is 245 g/mol. The molecular formula is C14H25ClO. The summed E-state index contributed by atoms with van der Waals surface area (Å²) < 4.78 is 0. The minimum absolute atomic E-state index is 0.00559. The summed E-state index contributed by atoms with van der Waals surface area (Å²) in [6, 6.07) is 0. The maximum Gasteiger partial charge on any atom is 0.124 e. The van der Waals surface area contributed by atoms with Gasteiger partial charge in [-0.15, -0.1) is 11.6 Å². The van der Waals surface area contributed by atoms with E-state index in [1.807, 2.05) is 0 Å². The van der Waals surface area contributed by atoms with Crippen molar-refractivity contribution < 1.29 is 4.79 Å². The van der Waals surface area contributed by atoms with Gasteiger partial charge in [0.2, 0.25) is 0 Å². The molecule has 94 valence electrons. The van der Waals surface area contributed by atoms with E-state index in [1.54, 1.807) is 0 Å². The van der Waals surface area contributed by atoms with E-state index in [2.05, 4.69) is 41.5 Å². The van der Waals surface area contributed by atoms with Gasteiger partial charge >= 0.3 is 0 Å². The van der Waals surface area contributed by atoms with E-state index in [-0.39, 0.29) is 11.3 Å². The van der Waals surface area contributed by atoms with Gasteiger partial charge in [-0.05, 0) is 36.5 Å². The lowest BCUT2D eigenvalue weighted by Crippen LogP contribution is -2.46. The van der Waals surface area contributed by atoms with Gasteiger partial charge < -0.3 is 4.79 Å². The maximum absolute atomic E-state index is 11.2. The standard InChI is InChI=1S/C14H25ClO/c1-9(2)12-7-11(8-16)14(6,15)13(12,5)10(3)4/h8-12H,7H2,1-6H3. The summed E-state index contributed by atoms with van der Waals surface area (Å²) >= 11 is 6.74. The first kappa shape index (κ1) is 14.0. The molecule has 2 heteroatoms. The van der Waals surface area contributed by atoms with Crippen LogP contribution in [0.1, 0.15) is 48.0 Å². The predicted octanol–water partition coefficient (Wildman–Crippen LogP) is 4.14. The number of carbonyl (C=O) groups is 1. The van der Waals surface area contributed by atoms with Gasteiger partial charge in [0.05, 0.1) is 4.87 Å². The first-order valence-electron chi connectivity index (χ1n) is 6.33. The molecule has 0 spiro atoms. The van der Waals surface area contributed by atoms with E-state index in [9.17, 15) is 4.79 Å². The molecule has 0 aliphatic heterocycles. The largest absolute Gasteiger partial charge is 0.303 e. The minimum atomic E-state index is -0.405. The molecule has 0 radical (unpaired) electrons.